The molecule has 0 radical (unpaired) electrons. The summed E-state index contributed by atoms with van der Waals surface area (Å²) in [7, 11) is 1.82. The van der Waals surface area contributed by atoms with Crippen LogP contribution in [-0.4, -0.2) is 31.2 Å². The molecule has 0 bridgehead atoms. The van der Waals surface area contributed by atoms with Crippen molar-refractivity contribution >= 4 is 5.96 Å². The predicted octanol–water partition coefficient (Wildman–Crippen LogP) is 3.22. The summed E-state index contributed by atoms with van der Waals surface area (Å²) in [6.07, 6.45) is 4.48. The molecule has 132 valence electrons. The molecule has 25 heavy (non-hydrogen) atoms. The Morgan fingerprint density at radius 3 is 2.40 bits per heavy atom. The summed E-state index contributed by atoms with van der Waals surface area (Å²) in [6.45, 7) is 1.80. The first-order valence-electron chi connectivity index (χ1n) is 9.00. The summed E-state index contributed by atoms with van der Waals surface area (Å²) in [4.78, 5) is 4.33. The van der Waals surface area contributed by atoms with Crippen molar-refractivity contribution in [2.45, 2.75) is 31.1 Å². The van der Waals surface area contributed by atoms with E-state index >= 15 is 0 Å². The van der Waals surface area contributed by atoms with Crippen molar-refractivity contribution in [3.8, 4) is 5.75 Å². The predicted molar refractivity (Wildman–Crippen MR) is 103 cm³/mol. The van der Waals surface area contributed by atoms with Crippen LogP contribution < -0.4 is 10.6 Å². The molecule has 0 atom stereocenters. The van der Waals surface area contributed by atoms with Gasteiger partial charge in [-0.15, -0.1) is 0 Å². The molecule has 0 aliphatic heterocycles. The number of phenols is 1. The molecule has 1 aliphatic carbocycles. The van der Waals surface area contributed by atoms with Crippen LogP contribution in [0.3, 0.4) is 0 Å². The summed E-state index contributed by atoms with van der Waals surface area (Å²) in [5, 5.41) is 16.2. The minimum absolute atomic E-state index is 0.283. The van der Waals surface area contributed by atoms with E-state index in [1.54, 1.807) is 12.1 Å². The van der Waals surface area contributed by atoms with Crippen LogP contribution in [0.1, 0.15) is 30.4 Å². The molecule has 0 unspecified atom stereocenters. The monoisotopic (exact) mass is 337 g/mol. The zero-order valence-electron chi connectivity index (χ0n) is 14.8. The fraction of sp³-hybridized carbons (Fsp3) is 0.381. The Hall–Kier alpha value is -2.49. The highest BCUT2D eigenvalue weighted by atomic mass is 16.3. The Bertz CT molecular complexity index is 691. The van der Waals surface area contributed by atoms with Gasteiger partial charge in [-0.3, -0.25) is 4.99 Å². The number of hydrogen-bond acceptors (Lipinski definition) is 2. The minimum atomic E-state index is 0.283. The lowest BCUT2D eigenvalue weighted by Crippen LogP contribution is -2.41. The van der Waals surface area contributed by atoms with Gasteiger partial charge in [0.15, 0.2) is 5.96 Å². The van der Waals surface area contributed by atoms with Crippen LogP contribution in [0.5, 0.6) is 5.75 Å². The number of aromatic hydroxyl groups is 1. The first kappa shape index (κ1) is 17.3. The van der Waals surface area contributed by atoms with Crippen molar-refractivity contribution in [2.75, 3.05) is 20.1 Å². The average molecular weight is 337 g/mol. The Labute approximate surface area is 150 Å². The number of guanidine groups is 1. The van der Waals surface area contributed by atoms with Crippen LogP contribution in [0.25, 0.3) is 0 Å². The van der Waals surface area contributed by atoms with Gasteiger partial charge in [0.1, 0.15) is 5.75 Å². The smallest absolute Gasteiger partial charge is 0.191 e. The van der Waals surface area contributed by atoms with Gasteiger partial charge < -0.3 is 15.7 Å². The highest BCUT2D eigenvalue weighted by Crippen LogP contribution is 2.47. The first-order valence-corrected chi connectivity index (χ1v) is 9.00. The fourth-order valence-corrected chi connectivity index (χ4v) is 3.15. The van der Waals surface area contributed by atoms with Crippen LogP contribution >= 0.6 is 0 Å². The molecule has 0 spiro atoms. The lowest BCUT2D eigenvalue weighted by Gasteiger charge is -2.19. The summed E-state index contributed by atoms with van der Waals surface area (Å²) in [5.41, 5.74) is 2.94. The molecule has 2 aromatic rings. The molecule has 0 saturated heterocycles. The van der Waals surface area contributed by atoms with Gasteiger partial charge in [-0.25, -0.2) is 0 Å². The van der Waals surface area contributed by atoms with E-state index in [-0.39, 0.29) is 5.41 Å². The quantitative estimate of drug-likeness (QED) is 0.413. The third kappa shape index (κ3) is 4.75. The third-order valence-electron chi connectivity index (χ3n) is 4.93. The van der Waals surface area contributed by atoms with Crippen molar-refractivity contribution < 1.29 is 5.11 Å². The number of nitrogens with one attached hydrogen (secondary N) is 2. The average Bonchev–Trinajstić information content (AvgIpc) is 3.44. The van der Waals surface area contributed by atoms with Gasteiger partial charge in [-0.05, 0) is 48.9 Å². The Morgan fingerprint density at radius 2 is 1.76 bits per heavy atom. The van der Waals surface area contributed by atoms with Crippen molar-refractivity contribution in [3.63, 3.8) is 0 Å². The second-order valence-electron chi connectivity index (χ2n) is 6.77. The van der Waals surface area contributed by atoms with Crippen LogP contribution in [0.2, 0.25) is 0 Å². The van der Waals surface area contributed by atoms with Crippen LogP contribution in [0, 0.1) is 0 Å². The molecule has 0 heterocycles. The van der Waals surface area contributed by atoms with Crippen LogP contribution in [0.15, 0.2) is 59.6 Å². The standard InChI is InChI=1S/C21H27N3O/c1-22-20(23-15-5-6-17-9-11-19(25)12-10-17)24-16-21(13-14-21)18-7-3-2-4-8-18/h2-4,7-12,25H,5-6,13-16H2,1H3,(H2,22,23,24). The number of nitrogens with zero attached hydrogens (tertiary/aromatic N) is 1. The van der Waals surface area contributed by atoms with Crippen molar-refractivity contribution in [3.05, 3.63) is 65.7 Å². The van der Waals surface area contributed by atoms with Crippen molar-refractivity contribution in [1.82, 2.24) is 10.6 Å². The highest BCUT2D eigenvalue weighted by Gasteiger charge is 2.43. The van der Waals surface area contributed by atoms with Gasteiger partial charge in [0.2, 0.25) is 0 Å². The molecular formula is C21H27N3O. The maximum atomic E-state index is 9.31. The van der Waals surface area contributed by atoms with E-state index in [2.05, 4.69) is 46.0 Å². The molecule has 1 saturated carbocycles. The zero-order chi connectivity index (χ0) is 17.5. The molecule has 2 aromatic carbocycles. The number of phenolic OH excluding ortho intramolecular Hbond substituents is 1. The molecule has 3 rings (SSSR count). The van der Waals surface area contributed by atoms with E-state index in [9.17, 15) is 5.11 Å². The molecule has 3 N–H and O–H groups in total. The maximum absolute atomic E-state index is 9.31. The number of rotatable bonds is 7. The van der Waals surface area contributed by atoms with Gasteiger partial charge in [0.05, 0.1) is 0 Å². The second kappa shape index (κ2) is 8.06. The van der Waals surface area contributed by atoms with Crippen LogP contribution in [0.4, 0.5) is 0 Å². The van der Waals surface area contributed by atoms with E-state index in [1.807, 2.05) is 19.2 Å². The number of aliphatic imine (C=N–C) groups is 1. The summed E-state index contributed by atoms with van der Waals surface area (Å²) < 4.78 is 0. The topological polar surface area (TPSA) is 56.7 Å². The van der Waals surface area contributed by atoms with E-state index in [1.165, 1.54) is 24.0 Å². The lowest BCUT2D eigenvalue weighted by molar-refractivity contribution is 0.475. The number of benzene rings is 2. The van der Waals surface area contributed by atoms with Gasteiger partial charge >= 0.3 is 0 Å². The molecule has 0 aromatic heterocycles. The van der Waals surface area contributed by atoms with E-state index in [0.29, 0.717) is 5.75 Å². The molecular weight excluding hydrogens is 310 g/mol. The summed E-state index contributed by atoms with van der Waals surface area (Å²) in [5.74, 6) is 1.19. The first-order chi connectivity index (χ1) is 12.2. The zero-order valence-corrected chi connectivity index (χ0v) is 14.8. The second-order valence-corrected chi connectivity index (χ2v) is 6.77. The maximum Gasteiger partial charge on any atom is 0.191 e. The summed E-state index contributed by atoms with van der Waals surface area (Å²) >= 11 is 0. The van der Waals surface area contributed by atoms with Gasteiger partial charge in [-0.1, -0.05) is 42.5 Å². The van der Waals surface area contributed by atoms with Gasteiger partial charge in [-0.2, -0.15) is 0 Å². The van der Waals surface area contributed by atoms with Gasteiger partial charge in [0.25, 0.3) is 0 Å². The Kier molecular flexibility index (Phi) is 5.59. The van der Waals surface area contributed by atoms with Gasteiger partial charge in [0, 0.05) is 25.6 Å². The molecule has 4 nitrogen and oxygen atoms in total. The van der Waals surface area contributed by atoms with Crippen molar-refractivity contribution in [2.24, 2.45) is 4.99 Å². The van der Waals surface area contributed by atoms with Crippen molar-refractivity contribution in [1.29, 1.82) is 0 Å². The van der Waals surface area contributed by atoms with E-state index in [4.69, 9.17) is 0 Å². The largest absolute Gasteiger partial charge is 0.508 e. The summed E-state index contributed by atoms with van der Waals surface area (Å²) in [6, 6.07) is 18.2. The molecule has 1 aliphatic rings. The van der Waals surface area contributed by atoms with E-state index in [0.717, 1.165) is 31.9 Å². The van der Waals surface area contributed by atoms with Crippen LogP contribution in [-0.2, 0) is 11.8 Å². The number of hydrogen-bond donors (Lipinski definition) is 3. The SMILES string of the molecule is CN=C(NCCCc1ccc(O)cc1)NCC1(c2ccccc2)CC1. The minimum Gasteiger partial charge on any atom is -0.508 e. The molecule has 0 amide bonds. The van der Waals surface area contributed by atoms with E-state index < -0.39 is 0 Å². The molecule has 1 fully saturated rings. The lowest BCUT2D eigenvalue weighted by atomic mass is 9.96. The Morgan fingerprint density at radius 1 is 1.04 bits per heavy atom. The normalized spacial score (nSPS) is 15.6. The molecule has 4 heteroatoms. The third-order valence-corrected chi connectivity index (χ3v) is 4.93. The number of aryl methyl sites for hydroxylation is 1. The highest BCUT2D eigenvalue weighted by molar-refractivity contribution is 5.79. The fourth-order valence-electron chi connectivity index (χ4n) is 3.15. The Balaban J connectivity index is 1.41.